The molecule has 0 aliphatic rings. The highest BCUT2D eigenvalue weighted by Gasteiger charge is 2.16. The van der Waals surface area contributed by atoms with Gasteiger partial charge in [-0.3, -0.25) is 14.6 Å². The summed E-state index contributed by atoms with van der Waals surface area (Å²) < 4.78 is 0. The first-order chi connectivity index (χ1) is 7.93. The molecule has 0 amide bonds. The average molecular weight is 246 g/mol. The quantitative estimate of drug-likeness (QED) is 0.190. The lowest BCUT2D eigenvalue weighted by Gasteiger charge is -2.12. The summed E-state index contributed by atoms with van der Waals surface area (Å²) in [6.45, 7) is 0.474. The Hall–Kier alpha value is -1.83. The van der Waals surface area contributed by atoms with Crippen molar-refractivity contribution in [2.75, 3.05) is 13.1 Å². The zero-order valence-corrected chi connectivity index (χ0v) is 9.43. The summed E-state index contributed by atoms with van der Waals surface area (Å²) in [6.07, 6.45) is 0.734. The predicted molar refractivity (Wildman–Crippen MR) is 61.6 cm³/mol. The molecule has 0 saturated carbocycles. The number of nitrogens with zero attached hydrogens (tertiary/aromatic N) is 1. The predicted octanol–water partition coefficient (Wildman–Crippen LogP) is -1.44. The van der Waals surface area contributed by atoms with Crippen molar-refractivity contribution in [3.8, 4) is 0 Å². The maximum atomic E-state index is 10.8. The van der Waals surface area contributed by atoms with E-state index in [0.29, 0.717) is 19.4 Å². The third-order valence-electron chi connectivity index (χ3n) is 1.97. The van der Waals surface area contributed by atoms with E-state index < -0.39 is 18.0 Å². The van der Waals surface area contributed by atoms with Crippen LogP contribution in [0.2, 0.25) is 0 Å². The van der Waals surface area contributed by atoms with E-state index in [4.69, 9.17) is 21.7 Å². The highest BCUT2D eigenvalue weighted by Crippen LogP contribution is 1.98. The lowest BCUT2D eigenvalue weighted by atomic mass is 10.1. The van der Waals surface area contributed by atoms with E-state index in [1.807, 2.05) is 0 Å². The third kappa shape index (κ3) is 9.12. The molecule has 0 saturated heterocycles. The molecule has 1 atom stereocenters. The van der Waals surface area contributed by atoms with Crippen molar-refractivity contribution in [1.29, 1.82) is 0 Å². The molecule has 0 spiro atoms. The second-order valence-electron chi connectivity index (χ2n) is 3.44. The lowest BCUT2D eigenvalue weighted by Crippen LogP contribution is -2.38. The molecule has 0 unspecified atom stereocenters. The van der Waals surface area contributed by atoms with Gasteiger partial charge in [-0.2, -0.15) is 0 Å². The van der Waals surface area contributed by atoms with Crippen LogP contribution in [0.3, 0.4) is 0 Å². The number of nitrogens with one attached hydrogen (secondary N) is 1. The Morgan fingerprint density at radius 1 is 1.29 bits per heavy atom. The summed E-state index contributed by atoms with van der Waals surface area (Å²) in [4.78, 5) is 24.8. The summed E-state index contributed by atoms with van der Waals surface area (Å²) >= 11 is 0. The van der Waals surface area contributed by atoms with Crippen molar-refractivity contribution in [2.45, 2.75) is 25.3 Å². The highest BCUT2D eigenvalue weighted by molar-refractivity contribution is 5.75. The first kappa shape index (κ1) is 15.2. The number of carbonyl (C=O) groups is 2. The molecule has 17 heavy (non-hydrogen) atoms. The molecule has 0 aliphatic heterocycles. The molecule has 0 rings (SSSR count). The second kappa shape index (κ2) is 8.34. The second-order valence-corrected chi connectivity index (χ2v) is 3.44. The first-order valence-electron chi connectivity index (χ1n) is 5.17. The molecule has 98 valence electrons. The van der Waals surface area contributed by atoms with Gasteiger partial charge >= 0.3 is 11.9 Å². The van der Waals surface area contributed by atoms with Crippen LogP contribution in [0, 0.1) is 0 Å². The van der Waals surface area contributed by atoms with Gasteiger partial charge in [-0.25, -0.2) is 0 Å². The smallest absolute Gasteiger partial charge is 0.320 e. The Labute approximate surface area is 98.7 Å². The van der Waals surface area contributed by atoms with Crippen molar-refractivity contribution in [3.05, 3.63) is 0 Å². The van der Waals surface area contributed by atoms with E-state index >= 15 is 0 Å². The Balaban J connectivity index is 3.87. The van der Waals surface area contributed by atoms with E-state index in [1.54, 1.807) is 0 Å². The van der Waals surface area contributed by atoms with Gasteiger partial charge in [-0.15, -0.1) is 0 Å². The minimum Gasteiger partial charge on any atom is -0.481 e. The van der Waals surface area contributed by atoms with E-state index in [0.717, 1.165) is 0 Å². The Kier molecular flexibility index (Phi) is 7.44. The minimum absolute atomic E-state index is 0.0317. The number of hydrogen-bond donors (Lipinski definition) is 5. The topological polar surface area (TPSA) is 151 Å². The fraction of sp³-hybridized carbons (Fsp3) is 0.667. The minimum atomic E-state index is -1.01. The molecule has 0 aliphatic carbocycles. The number of carboxylic acid groups (broad SMARTS) is 2. The lowest BCUT2D eigenvalue weighted by molar-refractivity contribution is -0.141. The van der Waals surface area contributed by atoms with Crippen molar-refractivity contribution < 1.29 is 19.8 Å². The van der Waals surface area contributed by atoms with Gasteiger partial charge in [0.15, 0.2) is 5.96 Å². The summed E-state index contributed by atoms with van der Waals surface area (Å²) in [6, 6.07) is -0.774. The van der Waals surface area contributed by atoms with Crippen LogP contribution in [0.1, 0.15) is 19.3 Å². The van der Waals surface area contributed by atoms with Gasteiger partial charge in [0.25, 0.3) is 0 Å². The van der Waals surface area contributed by atoms with E-state index in [2.05, 4.69) is 10.3 Å². The molecule has 0 bridgehead atoms. The molecule has 0 aromatic rings. The van der Waals surface area contributed by atoms with Gasteiger partial charge in [0.05, 0.1) is 6.42 Å². The Morgan fingerprint density at radius 3 is 2.41 bits per heavy atom. The standard InChI is InChI=1S/C9H18N4O4/c10-9(11)13-4-1-2-6(8(16)17)12-5-3-7(14)15/h6,12H,1-5H2,(H,14,15)(H,16,17)(H4,10,11,13)/t6-/m0/s1. The number of guanidine groups is 1. The van der Waals surface area contributed by atoms with Crippen LogP contribution in [0.4, 0.5) is 0 Å². The fourth-order valence-electron chi connectivity index (χ4n) is 1.17. The zero-order valence-electron chi connectivity index (χ0n) is 9.43. The molecular weight excluding hydrogens is 228 g/mol. The number of nitrogens with two attached hydrogens (primary N) is 2. The molecule has 7 N–H and O–H groups in total. The number of hydrogen-bond acceptors (Lipinski definition) is 4. The van der Waals surface area contributed by atoms with Crippen LogP contribution in [-0.2, 0) is 9.59 Å². The first-order valence-corrected chi connectivity index (χ1v) is 5.17. The van der Waals surface area contributed by atoms with Gasteiger partial charge in [0, 0.05) is 13.1 Å². The van der Waals surface area contributed by atoms with E-state index in [1.165, 1.54) is 0 Å². The Bertz CT molecular complexity index is 289. The monoisotopic (exact) mass is 246 g/mol. The van der Waals surface area contributed by atoms with Crippen LogP contribution >= 0.6 is 0 Å². The number of aliphatic carboxylic acids is 2. The number of aliphatic imine (C=N–C) groups is 1. The molecule has 0 aromatic heterocycles. The largest absolute Gasteiger partial charge is 0.481 e. The van der Waals surface area contributed by atoms with Crippen LogP contribution in [0.25, 0.3) is 0 Å². The maximum Gasteiger partial charge on any atom is 0.320 e. The molecule has 0 aromatic carbocycles. The zero-order chi connectivity index (χ0) is 13.3. The average Bonchev–Trinajstić information content (AvgIpc) is 2.20. The maximum absolute atomic E-state index is 10.8. The van der Waals surface area contributed by atoms with E-state index in [-0.39, 0.29) is 18.9 Å². The summed E-state index contributed by atoms with van der Waals surface area (Å²) in [5.74, 6) is -2.02. The molecule has 8 nitrogen and oxygen atoms in total. The van der Waals surface area contributed by atoms with Gasteiger partial charge in [0.1, 0.15) is 6.04 Å². The van der Waals surface area contributed by atoms with Crippen molar-refractivity contribution in [1.82, 2.24) is 5.32 Å². The normalized spacial score (nSPS) is 11.8. The summed E-state index contributed by atoms with van der Waals surface area (Å²) in [7, 11) is 0. The molecule has 0 heterocycles. The van der Waals surface area contributed by atoms with Gasteiger partial charge in [0.2, 0.25) is 0 Å². The number of carboxylic acids is 2. The highest BCUT2D eigenvalue weighted by atomic mass is 16.4. The van der Waals surface area contributed by atoms with Gasteiger partial charge in [-0.05, 0) is 12.8 Å². The molecular formula is C9H18N4O4. The van der Waals surface area contributed by atoms with Gasteiger partial charge in [-0.1, -0.05) is 0 Å². The number of rotatable bonds is 9. The third-order valence-corrected chi connectivity index (χ3v) is 1.97. The van der Waals surface area contributed by atoms with Crippen LogP contribution in [0.15, 0.2) is 4.99 Å². The van der Waals surface area contributed by atoms with Crippen LogP contribution < -0.4 is 16.8 Å². The Morgan fingerprint density at radius 2 is 1.94 bits per heavy atom. The summed E-state index contributed by atoms with van der Waals surface area (Å²) in [5, 5.41) is 19.9. The van der Waals surface area contributed by atoms with Crippen LogP contribution in [-0.4, -0.2) is 47.2 Å². The SMILES string of the molecule is NC(N)=NCCC[C@H](NCCC(=O)O)C(=O)O. The molecule has 0 fully saturated rings. The van der Waals surface area contributed by atoms with E-state index in [9.17, 15) is 9.59 Å². The molecule has 8 heteroatoms. The van der Waals surface area contributed by atoms with Crippen molar-refractivity contribution in [3.63, 3.8) is 0 Å². The fourth-order valence-corrected chi connectivity index (χ4v) is 1.17. The van der Waals surface area contributed by atoms with Crippen LogP contribution in [0.5, 0.6) is 0 Å². The summed E-state index contributed by atoms with van der Waals surface area (Å²) in [5.41, 5.74) is 10.2. The van der Waals surface area contributed by atoms with Crippen molar-refractivity contribution >= 4 is 17.9 Å². The van der Waals surface area contributed by atoms with Gasteiger partial charge < -0.3 is 27.0 Å². The van der Waals surface area contributed by atoms with Crippen molar-refractivity contribution in [2.24, 2.45) is 16.5 Å². The molecule has 0 radical (unpaired) electrons.